The zero-order chi connectivity index (χ0) is 15.5. The van der Waals surface area contributed by atoms with Crippen LogP contribution in [0.1, 0.15) is 47.5 Å². The molecular formula is C15H16N4O2S. The highest BCUT2D eigenvalue weighted by atomic mass is 32.1. The smallest absolute Gasteiger partial charge is 0.257 e. The minimum Gasteiger partial charge on any atom is -0.326 e. The van der Waals surface area contributed by atoms with Gasteiger partial charge in [-0.1, -0.05) is 18.3 Å². The zero-order valence-corrected chi connectivity index (χ0v) is 12.9. The van der Waals surface area contributed by atoms with E-state index in [2.05, 4.69) is 20.8 Å². The van der Waals surface area contributed by atoms with Crippen molar-refractivity contribution in [2.75, 3.05) is 10.6 Å². The molecule has 0 atom stereocenters. The van der Waals surface area contributed by atoms with Gasteiger partial charge in [-0.15, -0.1) is 10.2 Å². The van der Waals surface area contributed by atoms with E-state index < -0.39 is 0 Å². The lowest BCUT2D eigenvalue weighted by Crippen LogP contribution is -2.12. The summed E-state index contributed by atoms with van der Waals surface area (Å²) >= 11 is 1.43. The van der Waals surface area contributed by atoms with Crippen molar-refractivity contribution in [3.05, 3.63) is 34.8 Å². The van der Waals surface area contributed by atoms with Crippen molar-refractivity contribution in [3.63, 3.8) is 0 Å². The number of aromatic nitrogens is 2. The Balaban J connectivity index is 1.62. The number of hydrogen-bond donors (Lipinski definition) is 2. The highest BCUT2D eigenvalue weighted by Crippen LogP contribution is 2.42. The predicted molar refractivity (Wildman–Crippen MR) is 85.2 cm³/mol. The van der Waals surface area contributed by atoms with Crippen LogP contribution in [0.5, 0.6) is 0 Å². The first-order valence-corrected chi connectivity index (χ1v) is 8.02. The summed E-state index contributed by atoms with van der Waals surface area (Å²) in [5.74, 6) is 0.246. The summed E-state index contributed by atoms with van der Waals surface area (Å²) in [7, 11) is 0. The Bertz CT molecular complexity index is 692. The van der Waals surface area contributed by atoms with Gasteiger partial charge >= 0.3 is 0 Å². The first-order valence-electron chi connectivity index (χ1n) is 7.20. The van der Waals surface area contributed by atoms with Gasteiger partial charge in [0.2, 0.25) is 11.0 Å². The molecule has 22 heavy (non-hydrogen) atoms. The van der Waals surface area contributed by atoms with Crippen molar-refractivity contribution in [1.29, 1.82) is 0 Å². The summed E-state index contributed by atoms with van der Waals surface area (Å²) in [6.45, 7) is 1.79. The average Bonchev–Trinajstić information content (AvgIpc) is 3.28. The number of amides is 2. The van der Waals surface area contributed by atoms with Crippen LogP contribution < -0.4 is 10.6 Å². The number of hydrogen-bond acceptors (Lipinski definition) is 5. The van der Waals surface area contributed by atoms with E-state index in [1.807, 2.05) is 0 Å². The van der Waals surface area contributed by atoms with Crippen molar-refractivity contribution < 1.29 is 9.59 Å². The standard InChI is InChI=1S/C15H16N4O2S/c1-2-12(20)16-11-7-5-9(6-8-11)13(21)17-15-19-18-14(22-15)10-3-4-10/h5-8,10H,2-4H2,1H3,(H,16,20)(H,17,19,21). The van der Waals surface area contributed by atoms with Crippen LogP contribution in [0.2, 0.25) is 0 Å². The van der Waals surface area contributed by atoms with E-state index in [4.69, 9.17) is 0 Å². The topological polar surface area (TPSA) is 84.0 Å². The van der Waals surface area contributed by atoms with Gasteiger partial charge in [-0.25, -0.2) is 0 Å². The Morgan fingerprint density at radius 3 is 2.55 bits per heavy atom. The molecule has 6 nitrogen and oxygen atoms in total. The van der Waals surface area contributed by atoms with E-state index in [1.165, 1.54) is 11.3 Å². The van der Waals surface area contributed by atoms with Crippen LogP contribution in [0.3, 0.4) is 0 Å². The van der Waals surface area contributed by atoms with E-state index in [9.17, 15) is 9.59 Å². The Kier molecular flexibility index (Phi) is 4.15. The van der Waals surface area contributed by atoms with Crippen molar-refractivity contribution in [1.82, 2.24) is 10.2 Å². The summed E-state index contributed by atoms with van der Waals surface area (Å²) < 4.78 is 0. The second-order valence-electron chi connectivity index (χ2n) is 5.15. The fourth-order valence-corrected chi connectivity index (χ4v) is 2.81. The lowest BCUT2D eigenvalue weighted by atomic mass is 10.2. The normalized spacial score (nSPS) is 13.7. The number of carbonyl (C=O) groups is 2. The highest BCUT2D eigenvalue weighted by molar-refractivity contribution is 7.15. The molecule has 2 N–H and O–H groups in total. The van der Waals surface area contributed by atoms with Gasteiger partial charge in [0, 0.05) is 23.6 Å². The molecule has 1 aliphatic rings. The van der Waals surface area contributed by atoms with Crippen molar-refractivity contribution >= 4 is 34.0 Å². The molecule has 1 aliphatic carbocycles. The van der Waals surface area contributed by atoms with Gasteiger partial charge in [0.25, 0.3) is 5.91 Å². The van der Waals surface area contributed by atoms with Crippen LogP contribution in [0.15, 0.2) is 24.3 Å². The molecule has 0 bridgehead atoms. The first-order chi connectivity index (χ1) is 10.7. The van der Waals surface area contributed by atoms with Gasteiger partial charge in [-0.05, 0) is 37.1 Å². The van der Waals surface area contributed by atoms with Gasteiger partial charge in [-0.3, -0.25) is 14.9 Å². The number of nitrogens with zero attached hydrogens (tertiary/aromatic N) is 2. The van der Waals surface area contributed by atoms with Crippen LogP contribution in [-0.2, 0) is 4.79 Å². The van der Waals surface area contributed by atoms with Gasteiger partial charge in [0.15, 0.2) is 0 Å². The molecule has 1 saturated carbocycles. The van der Waals surface area contributed by atoms with E-state index in [0.717, 1.165) is 17.8 Å². The first kappa shape index (κ1) is 14.6. The third-order valence-corrected chi connectivity index (χ3v) is 4.34. The summed E-state index contributed by atoms with van der Waals surface area (Å²) in [6, 6.07) is 6.75. The number of nitrogens with one attached hydrogen (secondary N) is 2. The molecule has 1 fully saturated rings. The fraction of sp³-hybridized carbons (Fsp3) is 0.333. The summed E-state index contributed by atoms with van der Waals surface area (Å²) in [5, 5.41) is 15.1. The van der Waals surface area contributed by atoms with Crippen molar-refractivity contribution in [2.24, 2.45) is 0 Å². The van der Waals surface area contributed by atoms with Crippen LogP contribution in [0.4, 0.5) is 10.8 Å². The molecule has 1 aromatic carbocycles. The Morgan fingerprint density at radius 2 is 1.91 bits per heavy atom. The molecule has 0 saturated heterocycles. The second kappa shape index (κ2) is 6.23. The third-order valence-electron chi connectivity index (χ3n) is 3.34. The fourth-order valence-electron chi connectivity index (χ4n) is 1.90. The molecule has 3 rings (SSSR count). The summed E-state index contributed by atoms with van der Waals surface area (Å²) in [6.07, 6.45) is 2.74. The van der Waals surface area contributed by atoms with Crippen molar-refractivity contribution in [3.8, 4) is 0 Å². The Hall–Kier alpha value is -2.28. The molecule has 1 heterocycles. The molecule has 1 aromatic heterocycles. The number of rotatable bonds is 5. The minimum absolute atomic E-state index is 0.0568. The molecule has 0 spiro atoms. The van der Waals surface area contributed by atoms with E-state index >= 15 is 0 Å². The SMILES string of the molecule is CCC(=O)Nc1ccc(C(=O)Nc2nnc(C3CC3)s2)cc1. The van der Waals surface area contributed by atoms with Gasteiger partial charge in [0.1, 0.15) is 5.01 Å². The maximum Gasteiger partial charge on any atom is 0.257 e. The van der Waals surface area contributed by atoms with Crippen molar-refractivity contribution in [2.45, 2.75) is 32.1 Å². The molecule has 2 amide bonds. The average molecular weight is 316 g/mol. The lowest BCUT2D eigenvalue weighted by Gasteiger charge is -2.05. The van der Waals surface area contributed by atoms with Gasteiger partial charge in [0.05, 0.1) is 0 Å². The predicted octanol–water partition coefficient (Wildman–Crippen LogP) is 3.02. The second-order valence-corrected chi connectivity index (χ2v) is 6.16. The van der Waals surface area contributed by atoms with Gasteiger partial charge < -0.3 is 5.32 Å². The summed E-state index contributed by atoms with van der Waals surface area (Å²) in [4.78, 5) is 23.4. The molecule has 0 unspecified atom stereocenters. The minimum atomic E-state index is -0.230. The van der Waals surface area contributed by atoms with Crippen LogP contribution >= 0.6 is 11.3 Å². The molecule has 7 heteroatoms. The number of anilines is 2. The van der Waals surface area contributed by atoms with Crippen LogP contribution in [0.25, 0.3) is 0 Å². The van der Waals surface area contributed by atoms with E-state index in [-0.39, 0.29) is 11.8 Å². The number of carbonyl (C=O) groups excluding carboxylic acids is 2. The summed E-state index contributed by atoms with van der Waals surface area (Å²) in [5.41, 5.74) is 1.19. The zero-order valence-electron chi connectivity index (χ0n) is 12.1. The molecule has 0 aliphatic heterocycles. The third kappa shape index (κ3) is 3.48. The molecule has 0 radical (unpaired) electrons. The molecule has 2 aromatic rings. The monoisotopic (exact) mass is 316 g/mol. The maximum atomic E-state index is 12.1. The van der Waals surface area contributed by atoms with E-state index in [1.54, 1.807) is 31.2 Å². The van der Waals surface area contributed by atoms with Crippen LogP contribution in [0, 0.1) is 0 Å². The van der Waals surface area contributed by atoms with E-state index in [0.29, 0.717) is 28.7 Å². The Labute approximate surface area is 132 Å². The quantitative estimate of drug-likeness (QED) is 0.888. The highest BCUT2D eigenvalue weighted by Gasteiger charge is 2.27. The molecule has 114 valence electrons. The maximum absolute atomic E-state index is 12.1. The molecular weight excluding hydrogens is 300 g/mol. The van der Waals surface area contributed by atoms with Gasteiger partial charge in [-0.2, -0.15) is 0 Å². The number of benzene rings is 1. The van der Waals surface area contributed by atoms with Crippen LogP contribution in [-0.4, -0.2) is 22.0 Å². The Morgan fingerprint density at radius 1 is 1.18 bits per heavy atom. The largest absolute Gasteiger partial charge is 0.326 e. The lowest BCUT2D eigenvalue weighted by molar-refractivity contribution is -0.115.